The first-order valence-corrected chi connectivity index (χ1v) is 4.78. The quantitative estimate of drug-likeness (QED) is 0.726. The maximum atomic E-state index is 10.8. The fraction of sp³-hybridized carbons (Fsp3) is 0.300. The molecule has 0 aliphatic heterocycles. The van der Waals surface area contributed by atoms with Crippen molar-refractivity contribution in [2.45, 2.75) is 20.4 Å². The molecule has 0 spiro atoms. The zero-order valence-electron chi connectivity index (χ0n) is 9.10. The standard InChI is InChI=1S/C10H13N3O3/c1-3-13-5-4-11-9(13)6-8(10(15)16)12-7(2)14/h4-6H,3H2,1-2H3,(H,12,14)(H,15,16)/b8-6+. The Morgan fingerprint density at radius 3 is 2.81 bits per heavy atom. The highest BCUT2D eigenvalue weighted by molar-refractivity contribution is 5.95. The van der Waals surface area contributed by atoms with Crippen molar-refractivity contribution in [1.29, 1.82) is 0 Å². The normalized spacial score (nSPS) is 11.2. The number of hydrogen-bond acceptors (Lipinski definition) is 3. The van der Waals surface area contributed by atoms with Gasteiger partial charge in [0.1, 0.15) is 11.5 Å². The molecule has 1 aromatic heterocycles. The SMILES string of the molecule is CCn1ccnc1/C=C(/NC(C)=O)C(=O)O. The van der Waals surface area contributed by atoms with Crippen molar-refractivity contribution >= 4 is 18.0 Å². The third-order valence-electron chi connectivity index (χ3n) is 1.90. The number of nitrogens with one attached hydrogen (secondary N) is 1. The Morgan fingerprint density at radius 1 is 1.62 bits per heavy atom. The molecule has 6 heteroatoms. The van der Waals surface area contributed by atoms with Crippen molar-refractivity contribution in [2.75, 3.05) is 0 Å². The topological polar surface area (TPSA) is 84.2 Å². The third kappa shape index (κ3) is 2.94. The lowest BCUT2D eigenvalue weighted by molar-refractivity contribution is -0.134. The number of carbonyl (C=O) groups is 2. The van der Waals surface area contributed by atoms with Gasteiger partial charge in [0.05, 0.1) is 0 Å². The van der Waals surface area contributed by atoms with E-state index in [1.807, 2.05) is 6.92 Å². The van der Waals surface area contributed by atoms with Gasteiger partial charge in [-0.3, -0.25) is 4.79 Å². The van der Waals surface area contributed by atoms with E-state index in [2.05, 4.69) is 10.3 Å². The van der Waals surface area contributed by atoms with Crippen molar-refractivity contribution in [3.63, 3.8) is 0 Å². The lowest BCUT2D eigenvalue weighted by Crippen LogP contribution is -2.24. The van der Waals surface area contributed by atoms with Crippen LogP contribution in [0.4, 0.5) is 0 Å². The molecule has 0 bridgehead atoms. The Morgan fingerprint density at radius 2 is 2.31 bits per heavy atom. The number of aromatic nitrogens is 2. The smallest absolute Gasteiger partial charge is 0.352 e. The van der Waals surface area contributed by atoms with Crippen LogP contribution in [0.1, 0.15) is 19.7 Å². The molecule has 0 saturated heterocycles. The number of imidazole rings is 1. The number of carboxylic acids is 1. The van der Waals surface area contributed by atoms with Crippen molar-refractivity contribution in [3.05, 3.63) is 23.9 Å². The second-order valence-corrected chi connectivity index (χ2v) is 3.12. The predicted octanol–water partition coefficient (Wildman–Crippen LogP) is 0.465. The monoisotopic (exact) mass is 223 g/mol. The van der Waals surface area contributed by atoms with E-state index in [4.69, 9.17) is 5.11 Å². The zero-order chi connectivity index (χ0) is 12.1. The van der Waals surface area contributed by atoms with Crippen LogP contribution in [0, 0.1) is 0 Å². The summed E-state index contributed by atoms with van der Waals surface area (Å²) in [6.45, 7) is 3.85. The van der Waals surface area contributed by atoms with Crippen LogP contribution in [0.2, 0.25) is 0 Å². The van der Waals surface area contributed by atoms with Crippen LogP contribution in [0.5, 0.6) is 0 Å². The molecule has 16 heavy (non-hydrogen) atoms. The molecule has 0 radical (unpaired) electrons. The number of carboxylic acid groups (broad SMARTS) is 1. The molecule has 0 aromatic carbocycles. The molecule has 6 nitrogen and oxygen atoms in total. The fourth-order valence-corrected chi connectivity index (χ4v) is 1.20. The summed E-state index contributed by atoms with van der Waals surface area (Å²) in [6.07, 6.45) is 4.63. The van der Waals surface area contributed by atoms with Crippen LogP contribution in [-0.2, 0) is 16.1 Å². The first kappa shape index (κ1) is 12.0. The van der Waals surface area contributed by atoms with E-state index < -0.39 is 11.9 Å². The minimum atomic E-state index is -1.19. The van der Waals surface area contributed by atoms with E-state index in [1.54, 1.807) is 17.0 Å². The number of amides is 1. The van der Waals surface area contributed by atoms with Gasteiger partial charge in [0.15, 0.2) is 0 Å². The molecule has 0 fully saturated rings. The van der Waals surface area contributed by atoms with E-state index in [0.29, 0.717) is 12.4 Å². The number of carbonyl (C=O) groups excluding carboxylic acids is 1. The van der Waals surface area contributed by atoms with Gasteiger partial charge in [0.25, 0.3) is 0 Å². The average Bonchev–Trinajstić information content (AvgIpc) is 2.63. The highest BCUT2D eigenvalue weighted by Crippen LogP contribution is 2.03. The first-order chi connectivity index (χ1) is 7.54. The molecular formula is C10H13N3O3. The van der Waals surface area contributed by atoms with Crippen LogP contribution in [0.15, 0.2) is 18.1 Å². The molecule has 1 heterocycles. The van der Waals surface area contributed by atoms with E-state index in [-0.39, 0.29) is 5.70 Å². The van der Waals surface area contributed by atoms with Crippen molar-refractivity contribution < 1.29 is 14.7 Å². The van der Waals surface area contributed by atoms with Gasteiger partial charge in [-0.1, -0.05) is 0 Å². The summed E-state index contributed by atoms with van der Waals surface area (Å²) >= 11 is 0. The van der Waals surface area contributed by atoms with Crippen LogP contribution in [-0.4, -0.2) is 26.5 Å². The summed E-state index contributed by atoms with van der Waals surface area (Å²) in [7, 11) is 0. The largest absolute Gasteiger partial charge is 0.477 e. The Balaban J connectivity index is 3.02. The molecule has 0 unspecified atom stereocenters. The molecule has 2 N–H and O–H groups in total. The average molecular weight is 223 g/mol. The van der Waals surface area contributed by atoms with Crippen LogP contribution in [0.3, 0.4) is 0 Å². The summed E-state index contributed by atoms with van der Waals surface area (Å²) < 4.78 is 1.77. The molecule has 1 aromatic rings. The molecular weight excluding hydrogens is 210 g/mol. The van der Waals surface area contributed by atoms with Gasteiger partial charge in [0.2, 0.25) is 5.91 Å². The molecule has 1 rings (SSSR count). The first-order valence-electron chi connectivity index (χ1n) is 4.78. The Kier molecular flexibility index (Phi) is 3.82. The highest BCUT2D eigenvalue weighted by atomic mass is 16.4. The van der Waals surface area contributed by atoms with Crippen molar-refractivity contribution in [1.82, 2.24) is 14.9 Å². The maximum absolute atomic E-state index is 10.8. The Labute approximate surface area is 92.6 Å². The minimum Gasteiger partial charge on any atom is -0.477 e. The molecule has 0 aliphatic carbocycles. The number of aliphatic carboxylic acids is 1. The zero-order valence-corrected chi connectivity index (χ0v) is 9.10. The van der Waals surface area contributed by atoms with Crippen LogP contribution in [0.25, 0.3) is 6.08 Å². The van der Waals surface area contributed by atoms with Gasteiger partial charge >= 0.3 is 5.97 Å². The lowest BCUT2D eigenvalue weighted by Gasteiger charge is -2.04. The van der Waals surface area contributed by atoms with Gasteiger partial charge in [-0.2, -0.15) is 0 Å². The van der Waals surface area contributed by atoms with Crippen LogP contribution >= 0.6 is 0 Å². The molecule has 0 aliphatic rings. The lowest BCUT2D eigenvalue weighted by atomic mass is 10.3. The minimum absolute atomic E-state index is 0.187. The summed E-state index contributed by atoms with van der Waals surface area (Å²) in [4.78, 5) is 25.6. The number of nitrogens with zero attached hydrogens (tertiary/aromatic N) is 2. The van der Waals surface area contributed by atoms with Crippen molar-refractivity contribution in [2.24, 2.45) is 0 Å². The summed E-state index contributed by atoms with van der Waals surface area (Å²) in [5.74, 6) is -1.13. The third-order valence-corrected chi connectivity index (χ3v) is 1.90. The highest BCUT2D eigenvalue weighted by Gasteiger charge is 2.10. The molecule has 86 valence electrons. The number of rotatable bonds is 4. The van der Waals surface area contributed by atoms with Gasteiger partial charge in [-0.05, 0) is 6.92 Å². The number of hydrogen-bond donors (Lipinski definition) is 2. The van der Waals surface area contributed by atoms with Crippen molar-refractivity contribution in [3.8, 4) is 0 Å². The Hall–Kier alpha value is -2.11. The van der Waals surface area contributed by atoms with Gasteiger partial charge < -0.3 is 15.0 Å². The van der Waals surface area contributed by atoms with Gasteiger partial charge in [-0.25, -0.2) is 9.78 Å². The van der Waals surface area contributed by atoms with Crippen LogP contribution < -0.4 is 5.32 Å². The summed E-state index contributed by atoms with van der Waals surface area (Å²) in [6, 6.07) is 0. The van der Waals surface area contributed by atoms with Gasteiger partial charge in [-0.15, -0.1) is 0 Å². The second kappa shape index (κ2) is 5.11. The molecule has 0 saturated carbocycles. The van der Waals surface area contributed by atoms with Gasteiger partial charge in [0, 0.05) is 31.9 Å². The maximum Gasteiger partial charge on any atom is 0.352 e. The number of aryl methyl sites for hydroxylation is 1. The summed E-state index contributed by atoms with van der Waals surface area (Å²) in [5.41, 5.74) is -0.187. The summed E-state index contributed by atoms with van der Waals surface area (Å²) in [5, 5.41) is 11.1. The fourth-order valence-electron chi connectivity index (χ4n) is 1.20. The van der Waals surface area contributed by atoms with E-state index in [9.17, 15) is 9.59 Å². The Bertz CT molecular complexity index is 434. The molecule has 1 amide bonds. The van der Waals surface area contributed by atoms with E-state index >= 15 is 0 Å². The van der Waals surface area contributed by atoms with E-state index in [0.717, 1.165) is 0 Å². The second-order valence-electron chi connectivity index (χ2n) is 3.12. The van der Waals surface area contributed by atoms with E-state index in [1.165, 1.54) is 13.0 Å². The predicted molar refractivity (Wildman–Crippen MR) is 57.3 cm³/mol. The molecule has 0 atom stereocenters.